The molecule has 2 rings (SSSR count). The van der Waals surface area contributed by atoms with Gasteiger partial charge in [0.25, 0.3) is 0 Å². The predicted molar refractivity (Wildman–Crippen MR) is 73.2 cm³/mol. The van der Waals surface area contributed by atoms with Gasteiger partial charge in [0.05, 0.1) is 6.10 Å². The summed E-state index contributed by atoms with van der Waals surface area (Å²) in [6.07, 6.45) is 3.78. The maximum atomic E-state index is 11.4. The van der Waals surface area contributed by atoms with Crippen LogP contribution in [0.4, 0.5) is 0 Å². The zero-order chi connectivity index (χ0) is 14.0. The molecule has 2 fully saturated rings. The number of rotatable bonds is 4. The molecule has 1 aliphatic heterocycles. The molecule has 0 aromatic heterocycles. The van der Waals surface area contributed by atoms with Crippen molar-refractivity contribution in [2.24, 2.45) is 5.92 Å². The fourth-order valence-corrected chi connectivity index (χ4v) is 3.56. The van der Waals surface area contributed by atoms with E-state index in [1.165, 1.54) is 0 Å². The molecule has 4 atom stereocenters. The summed E-state index contributed by atoms with van der Waals surface area (Å²) in [5.41, 5.74) is -0.726. The largest absolute Gasteiger partial charge is 0.480 e. The van der Waals surface area contributed by atoms with Gasteiger partial charge in [0, 0.05) is 19.7 Å². The lowest BCUT2D eigenvalue weighted by Gasteiger charge is -2.40. The lowest BCUT2D eigenvalue weighted by Crippen LogP contribution is -2.52. The van der Waals surface area contributed by atoms with Gasteiger partial charge in [0.15, 0.2) is 0 Å². The number of carboxylic acid groups (broad SMARTS) is 1. The molecule has 0 amide bonds. The highest BCUT2D eigenvalue weighted by Crippen LogP contribution is 2.35. The smallest absolute Gasteiger partial charge is 0.323 e. The molecule has 2 aliphatic rings. The minimum atomic E-state index is -0.726. The van der Waals surface area contributed by atoms with E-state index in [-0.39, 0.29) is 6.10 Å². The molecule has 110 valence electrons. The lowest BCUT2D eigenvalue weighted by molar-refractivity contribution is -0.144. The van der Waals surface area contributed by atoms with Gasteiger partial charge < -0.3 is 15.2 Å². The predicted octanol–water partition coefficient (Wildman–Crippen LogP) is 0.939. The third-order valence-electron chi connectivity index (χ3n) is 5.12. The summed E-state index contributed by atoms with van der Waals surface area (Å²) in [5, 5.41) is 12.4. The van der Waals surface area contributed by atoms with Crippen molar-refractivity contribution in [3.63, 3.8) is 0 Å². The first-order valence-corrected chi connectivity index (χ1v) is 7.21. The van der Waals surface area contributed by atoms with E-state index < -0.39 is 11.5 Å². The lowest BCUT2D eigenvalue weighted by atomic mass is 9.93. The van der Waals surface area contributed by atoms with E-state index in [1.54, 1.807) is 14.2 Å². The Bertz CT molecular complexity index is 337. The van der Waals surface area contributed by atoms with Gasteiger partial charge in [0.2, 0.25) is 0 Å². The molecule has 0 aromatic carbocycles. The molecule has 0 bridgehead atoms. The SMILES string of the molecule is CNC1(C(=O)O)CCC(N2CCC(C)C(OC)C2)C1. The minimum absolute atomic E-state index is 0.281. The van der Waals surface area contributed by atoms with Crippen molar-refractivity contribution in [2.75, 3.05) is 27.2 Å². The summed E-state index contributed by atoms with van der Waals surface area (Å²) in [4.78, 5) is 13.9. The van der Waals surface area contributed by atoms with Crippen molar-refractivity contribution in [1.29, 1.82) is 0 Å². The first-order valence-electron chi connectivity index (χ1n) is 7.21. The summed E-state index contributed by atoms with van der Waals surface area (Å²) < 4.78 is 5.55. The number of ether oxygens (including phenoxy) is 1. The molecule has 5 nitrogen and oxygen atoms in total. The topological polar surface area (TPSA) is 61.8 Å². The molecule has 1 saturated heterocycles. The number of hydrogen-bond donors (Lipinski definition) is 2. The van der Waals surface area contributed by atoms with E-state index in [9.17, 15) is 9.90 Å². The van der Waals surface area contributed by atoms with Gasteiger partial charge in [-0.2, -0.15) is 0 Å². The Morgan fingerprint density at radius 3 is 2.74 bits per heavy atom. The first kappa shape index (κ1) is 14.8. The third-order valence-corrected chi connectivity index (χ3v) is 5.12. The molecule has 0 spiro atoms. The Hall–Kier alpha value is -0.650. The zero-order valence-electron chi connectivity index (χ0n) is 12.2. The van der Waals surface area contributed by atoms with Crippen molar-refractivity contribution >= 4 is 5.97 Å². The van der Waals surface area contributed by atoms with E-state index in [0.29, 0.717) is 24.8 Å². The van der Waals surface area contributed by atoms with Gasteiger partial charge in [-0.3, -0.25) is 9.69 Å². The van der Waals surface area contributed by atoms with E-state index in [4.69, 9.17) is 4.74 Å². The Labute approximate surface area is 115 Å². The highest BCUT2D eigenvalue weighted by Gasteiger charge is 2.46. The molecule has 5 heteroatoms. The van der Waals surface area contributed by atoms with Gasteiger partial charge in [-0.25, -0.2) is 0 Å². The highest BCUT2D eigenvalue weighted by molar-refractivity contribution is 5.79. The first-order chi connectivity index (χ1) is 9.02. The molecule has 19 heavy (non-hydrogen) atoms. The molecule has 0 aromatic rings. The average Bonchev–Trinajstić information content (AvgIpc) is 2.85. The Kier molecular flexibility index (Phi) is 4.48. The van der Waals surface area contributed by atoms with E-state index in [0.717, 1.165) is 25.9 Å². The van der Waals surface area contributed by atoms with E-state index in [1.807, 2.05) is 0 Å². The van der Waals surface area contributed by atoms with E-state index in [2.05, 4.69) is 17.1 Å². The molecule has 1 saturated carbocycles. The molecule has 4 unspecified atom stereocenters. The number of nitrogens with zero attached hydrogens (tertiary/aromatic N) is 1. The van der Waals surface area contributed by atoms with Gasteiger partial charge in [-0.05, 0) is 45.2 Å². The quantitative estimate of drug-likeness (QED) is 0.796. The second-order valence-corrected chi connectivity index (χ2v) is 6.07. The summed E-state index contributed by atoms with van der Waals surface area (Å²) in [6, 6.07) is 0.369. The van der Waals surface area contributed by atoms with Crippen molar-refractivity contribution < 1.29 is 14.6 Å². The van der Waals surface area contributed by atoms with Crippen LogP contribution in [-0.2, 0) is 9.53 Å². The number of likely N-dealkylation sites (tertiary alicyclic amines) is 1. The van der Waals surface area contributed by atoms with Gasteiger partial charge >= 0.3 is 5.97 Å². The Morgan fingerprint density at radius 2 is 2.21 bits per heavy atom. The summed E-state index contributed by atoms with van der Waals surface area (Å²) in [7, 11) is 3.53. The van der Waals surface area contributed by atoms with Crippen LogP contribution in [0, 0.1) is 5.92 Å². The summed E-state index contributed by atoms with van der Waals surface area (Å²) in [6.45, 7) is 4.22. The maximum Gasteiger partial charge on any atom is 0.323 e. The average molecular weight is 270 g/mol. The number of likely N-dealkylation sites (N-methyl/N-ethyl adjacent to an activating group) is 1. The van der Waals surface area contributed by atoms with Crippen LogP contribution in [0.1, 0.15) is 32.6 Å². The molecular weight excluding hydrogens is 244 g/mol. The summed E-state index contributed by atoms with van der Waals surface area (Å²) >= 11 is 0. The fourth-order valence-electron chi connectivity index (χ4n) is 3.56. The third kappa shape index (κ3) is 2.78. The minimum Gasteiger partial charge on any atom is -0.480 e. The number of carbonyl (C=O) groups is 1. The summed E-state index contributed by atoms with van der Waals surface area (Å²) in [5.74, 6) is -0.123. The Balaban J connectivity index is 1.99. The monoisotopic (exact) mass is 270 g/mol. The second kappa shape index (κ2) is 5.77. The number of piperidine rings is 1. The van der Waals surface area contributed by atoms with Gasteiger partial charge in [-0.15, -0.1) is 0 Å². The van der Waals surface area contributed by atoms with Gasteiger partial charge in [-0.1, -0.05) is 6.92 Å². The van der Waals surface area contributed by atoms with Crippen molar-refractivity contribution in [2.45, 2.75) is 50.3 Å². The number of aliphatic carboxylic acids is 1. The molecule has 1 heterocycles. The fraction of sp³-hybridized carbons (Fsp3) is 0.929. The van der Waals surface area contributed by atoms with Crippen LogP contribution >= 0.6 is 0 Å². The number of carboxylic acids is 1. The molecule has 1 aliphatic carbocycles. The molecule has 0 radical (unpaired) electrons. The second-order valence-electron chi connectivity index (χ2n) is 6.07. The van der Waals surface area contributed by atoms with Crippen molar-refractivity contribution in [3.05, 3.63) is 0 Å². The van der Waals surface area contributed by atoms with E-state index >= 15 is 0 Å². The van der Waals surface area contributed by atoms with Crippen LogP contribution < -0.4 is 5.32 Å². The van der Waals surface area contributed by atoms with Crippen LogP contribution in [-0.4, -0.2) is 60.9 Å². The van der Waals surface area contributed by atoms with Crippen molar-refractivity contribution in [3.8, 4) is 0 Å². The van der Waals surface area contributed by atoms with Crippen LogP contribution in [0.15, 0.2) is 0 Å². The standard InChI is InChI=1S/C14H26N2O3/c1-10-5-7-16(9-12(10)19-3)11-4-6-14(8-11,15-2)13(17)18/h10-12,15H,4-9H2,1-3H3,(H,17,18). The molecule has 2 N–H and O–H groups in total. The van der Waals surface area contributed by atoms with Crippen LogP contribution in [0.25, 0.3) is 0 Å². The zero-order valence-corrected chi connectivity index (χ0v) is 12.2. The van der Waals surface area contributed by atoms with Gasteiger partial charge in [0.1, 0.15) is 5.54 Å². The normalized spacial score (nSPS) is 40.5. The number of hydrogen-bond acceptors (Lipinski definition) is 4. The Morgan fingerprint density at radius 1 is 1.47 bits per heavy atom. The highest BCUT2D eigenvalue weighted by atomic mass is 16.5. The van der Waals surface area contributed by atoms with Crippen LogP contribution in [0.3, 0.4) is 0 Å². The maximum absolute atomic E-state index is 11.4. The number of methoxy groups -OCH3 is 1. The van der Waals surface area contributed by atoms with Crippen LogP contribution in [0.2, 0.25) is 0 Å². The molecular formula is C14H26N2O3. The number of nitrogens with one attached hydrogen (secondary N) is 1. The van der Waals surface area contributed by atoms with Crippen LogP contribution in [0.5, 0.6) is 0 Å². The van der Waals surface area contributed by atoms with Crippen molar-refractivity contribution in [1.82, 2.24) is 10.2 Å².